The number of hydrogen-bond acceptors (Lipinski definition) is 5. The van der Waals surface area contributed by atoms with Gasteiger partial charge in [-0.15, -0.1) is 11.3 Å². The molecular weight excluding hydrogens is 200 g/mol. The molecule has 0 N–H and O–H groups in total. The number of thiazole rings is 1. The zero-order chi connectivity index (χ0) is 10.1. The Kier molecular flexibility index (Phi) is 2.41. The lowest BCUT2D eigenvalue weighted by Gasteiger charge is -2.13. The number of carbonyl (C=O) groups is 1. The number of rotatable bonds is 3. The average molecular weight is 212 g/mol. The molecule has 0 radical (unpaired) electrons. The molecule has 4 nitrogen and oxygen atoms in total. The number of methoxy groups -OCH3 is 1. The molecule has 1 heterocycles. The van der Waals surface area contributed by atoms with Crippen molar-refractivity contribution in [3.05, 3.63) is 11.1 Å². The van der Waals surface area contributed by atoms with Crippen LogP contribution in [-0.4, -0.2) is 31.2 Å². The minimum atomic E-state index is -0.364. The molecule has 1 aliphatic carbocycles. The SMILES string of the molecule is COC(=O)c1csc(N(C)C2CC2)n1. The molecule has 0 bridgehead atoms. The van der Waals surface area contributed by atoms with Crippen LogP contribution in [0.25, 0.3) is 0 Å². The maximum atomic E-state index is 11.1. The number of carbonyl (C=O) groups excluding carboxylic acids is 1. The van der Waals surface area contributed by atoms with Crippen molar-refractivity contribution in [3.8, 4) is 0 Å². The molecule has 0 amide bonds. The van der Waals surface area contributed by atoms with Crippen LogP contribution in [0.4, 0.5) is 5.13 Å². The van der Waals surface area contributed by atoms with Gasteiger partial charge in [-0.05, 0) is 12.8 Å². The monoisotopic (exact) mass is 212 g/mol. The lowest BCUT2D eigenvalue weighted by molar-refractivity contribution is 0.0595. The first kappa shape index (κ1) is 9.45. The van der Waals surface area contributed by atoms with E-state index in [0.717, 1.165) is 5.13 Å². The summed E-state index contributed by atoms with van der Waals surface area (Å²) in [6.07, 6.45) is 2.45. The molecular formula is C9H12N2O2S. The van der Waals surface area contributed by atoms with Gasteiger partial charge < -0.3 is 9.64 Å². The minimum absolute atomic E-state index is 0.364. The minimum Gasteiger partial charge on any atom is -0.464 e. The van der Waals surface area contributed by atoms with Crippen LogP contribution in [0.1, 0.15) is 23.3 Å². The lowest BCUT2D eigenvalue weighted by Crippen LogP contribution is -2.19. The van der Waals surface area contributed by atoms with E-state index in [-0.39, 0.29) is 5.97 Å². The molecule has 0 aliphatic heterocycles. The molecule has 1 saturated carbocycles. The van der Waals surface area contributed by atoms with Gasteiger partial charge in [-0.1, -0.05) is 0 Å². The Morgan fingerprint density at radius 3 is 3.00 bits per heavy atom. The van der Waals surface area contributed by atoms with Crippen LogP contribution in [0.2, 0.25) is 0 Å². The van der Waals surface area contributed by atoms with Crippen molar-refractivity contribution >= 4 is 22.4 Å². The summed E-state index contributed by atoms with van der Waals surface area (Å²) in [5.74, 6) is -0.364. The molecule has 76 valence electrons. The van der Waals surface area contributed by atoms with Crippen molar-refractivity contribution in [2.24, 2.45) is 0 Å². The third-order valence-electron chi connectivity index (χ3n) is 2.28. The van der Waals surface area contributed by atoms with Crippen LogP contribution < -0.4 is 4.90 Å². The Balaban J connectivity index is 2.12. The van der Waals surface area contributed by atoms with E-state index in [4.69, 9.17) is 0 Å². The van der Waals surface area contributed by atoms with Crippen LogP contribution in [-0.2, 0) is 4.74 Å². The highest BCUT2D eigenvalue weighted by Crippen LogP contribution is 2.31. The largest absolute Gasteiger partial charge is 0.464 e. The molecule has 1 aliphatic rings. The first-order chi connectivity index (χ1) is 6.72. The molecule has 14 heavy (non-hydrogen) atoms. The number of aromatic nitrogens is 1. The molecule has 2 rings (SSSR count). The lowest BCUT2D eigenvalue weighted by atomic mass is 10.5. The Bertz CT molecular complexity index is 346. The van der Waals surface area contributed by atoms with Gasteiger partial charge in [0.2, 0.25) is 0 Å². The van der Waals surface area contributed by atoms with E-state index in [1.165, 1.54) is 31.3 Å². The van der Waals surface area contributed by atoms with Gasteiger partial charge in [0.05, 0.1) is 7.11 Å². The fraction of sp³-hybridized carbons (Fsp3) is 0.556. The van der Waals surface area contributed by atoms with Crippen LogP contribution in [0, 0.1) is 0 Å². The predicted molar refractivity (Wildman–Crippen MR) is 54.9 cm³/mol. The van der Waals surface area contributed by atoms with Gasteiger partial charge in [-0.2, -0.15) is 0 Å². The average Bonchev–Trinajstić information content (AvgIpc) is 2.93. The number of esters is 1. The zero-order valence-corrected chi connectivity index (χ0v) is 9.00. The van der Waals surface area contributed by atoms with E-state index >= 15 is 0 Å². The Hall–Kier alpha value is -1.10. The zero-order valence-electron chi connectivity index (χ0n) is 8.19. The standard InChI is InChI=1S/C9H12N2O2S/c1-11(6-3-4-6)9-10-7(5-14-9)8(12)13-2/h5-6H,3-4H2,1-2H3. The second-order valence-corrected chi connectivity index (χ2v) is 4.19. The third-order valence-corrected chi connectivity index (χ3v) is 3.21. The summed E-state index contributed by atoms with van der Waals surface area (Å²) >= 11 is 1.48. The second kappa shape index (κ2) is 3.57. The van der Waals surface area contributed by atoms with E-state index in [1.54, 1.807) is 5.38 Å². The van der Waals surface area contributed by atoms with Gasteiger partial charge in [-0.25, -0.2) is 9.78 Å². The smallest absolute Gasteiger partial charge is 0.357 e. The molecule has 1 aromatic heterocycles. The van der Waals surface area contributed by atoms with E-state index < -0.39 is 0 Å². The van der Waals surface area contributed by atoms with Gasteiger partial charge in [0.15, 0.2) is 10.8 Å². The molecule has 1 aromatic rings. The summed E-state index contributed by atoms with van der Waals surface area (Å²) in [5, 5.41) is 2.63. The number of anilines is 1. The van der Waals surface area contributed by atoms with Gasteiger partial charge in [-0.3, -0.25) is 0 Å². The Morgan fingerprint density at radius 2 is 2.43 bits per heavy atom. The number of hydrogen-bond donors (Lipinski definition) is 0. The van der Waals surface area contributed by atoms with Crippen LogP contribution in [0.15, 0.2) is 5.38 Å². The molecule has 5 heteroatoms. The summed E-state index contributed by atoms with van der Waals surface area (Å²) in [6.45, 7) is 0. The fourth-order valence-electron chi connectivity index (χ4n) is 1.24. The molecule has 0 unspecified atom stereocenters. The van der Waals surface area contributed by atoms with Gasteiger partial charge >= 0.3 is 5.97 Å². The van der Waals surface area contributed by atoms with Gasteiger partial charge in [0.25, 0.3) is 0 Å². The first-order valence-electron chi connectivity index (χ1n) is 4.49. The van der Waals surface area contributed by atoms with Crippen LogP contribution >= 0.6 is 11.3 Å². The highest BCUT2D eigenvalue weighted by molar-refractivity contribution is 7.13. The molecule has 1 fully saturated rings. The highest BCUT2D eigenvalue weighted by Gasteiger charge is 2.28. The summed E-state index contributed by atoms with van der Waals surface area (Å²) < 4.78 is 4.59. The van der Waals surface area contributed by atoms with Crippen LogP contribution in [0.3, 0.4) is 0 Å². The normalized spacial score (nSPS) is 15.3. The summed E-state index contributed by atoms with van der Waals surface area (Å²) in [5.41, 5.74) is 0.403. The summed E-state index contributed by atoms with van der Waals surface area (Å²) in [6, 6.07) is 0.617. The quantitative estimate of drug-likeness (QED) is 0.713. The molecule has 0 spiro atoms. The van der Waals surface area contributed by atoms with E-state index in [9.17, 15) is 4.79 Å². The van der Waals surface area contributed by atoms with Crippen molar-refractivity contribution in [3.63, 3.8) is 0 Å². The number of ether oxygens (including phenoxy) is 1. The Labute approximate surface area is 86.5 Å². The van der Waals surface area contributed by atoms with Gasteiger partial charge in [0.1, 0.15) is 0 Å². The summed E-state index contributed by atoms with van der Waals surface area (Å²) in [4.78, 5) is 17.5. The van der Waals surface area contributed by atoms with Crippen molar-refractivity contribution in [2.45, 2.75) is 18.9 Å². The fourth-order valence-corrected chi connectivity index (χ4v) is 2.07. The maximum absolute atomic E-state index is 11.1. The topological polar surface area (TPSA) is 42.4 Å². The van der Waals surface area contributed by atoms with E-state index in [1.807, 2.05) is 7.05 Å². The van der Waals surface area contributed by atoms with Crippen molar-refractivity contribution in [1.29, 1.82) is 0 Å². The van der Waals surface area contributed by atoms with Crippen molar-refractivity contribution < 1.29 is 9.53 Å². The molecule has 0 atom stereocenters. The Morgan fingerprint density at radius 1 is 1.71 bits per heavy atom. The van der Waals surface area contributed by atoms with E-state index in [2.05, 4.69) is 14.6 Å². The molecule has 0 saturated heterocycles. The van der Waals surface area contributed by atoms with Gasteiger partial charge in [0, 0.05) is 18.5 Å². The second-order valence-electron chi connectivity index (χ2n) is 3.35. The van der Waals surface area contributed by atoms with Crippen molar-refractivity contribution in [2.75, 3.05) is 19.1 Å². The number of nitrogens with zero attached hydrogens (tertiary/aromatic N) is 2. The van der Waals surface area contributed by atoms with Crippen molar-refractivity contribution in [1.82, 2.24) is 4.98 Å². The molecule has 0 aromatic carbocycles. The highest BCUT2D eigenvalue weighted by atomic mass is 32.1. The third kappa shape index (κ3) is 1.72. The van der Waals surface area contributed by atoms with E-state index in [0.29, 0.717) is 11.7 Å². The first-order valence-corrected chi connectivity index (χ1v) is 5.37. The van der Waals surface area contributed by atoms with Crippen LogP contribution in [0.5, 0.6) is 0 Å². The maximum Gasteiger partial charge on any atom is 0.357 e. The summed E-state index contributed by atoms with van der Waals surface area (Å²) in [7, 11) is 3.38. The predicted octanol–water partition coefficient (Wildman–Crippen LogP) is 1.53.